The molecule has 0 bridgehead atoms. The van der Waals surface area contributed by atoms with Gasteiger partial charge in [-0.05, 0) is 0 Å². The Morgan fingerprint density at radius 1 is 1.41 bits per heavy atom. The molecule has 2 aromatic heterocycles. The quantitative estimate of drug-likeness (QED) is 0.210. The molecular formula is C14H22N7O9PS. The lowest BCUT2D eigenvalue weighted by molar-refractivity contribution is -0.137. The second kappa shape index (κ2) is 8.95. The Kier molecular flexibility index (Phi) is 6.83. The van der Waals surface area contributed by atoms with E-state index in [1.807, 2.05) is 0 Å². The van der Waals surface area contributed by atoms with Gasteiger partial charge in [0.15, 0.2) is 17.7 Å². The number of aliphatic hydroxyl groups is 2. The smallest absolute Gasteiger partial charge is 0.459 e. The lowest BCUT2D eigenvalue weighted by Gasteiger charge is -2.17. The highest BCUT2D eigenvalue weighted by Crippen LogP contribution is 2.46. The molecule has 1 aliphatic heterocycles. The highest BCUT2D eigenvalue weighted by molar-refractivity contribution is 7.95. The van der Waals surface area contributed by atoms with Crippen LogP contribution in [0.3, 0.4) is 0 Å². The van der Waals surface area contributed by atoms with Crippen LogP contribution in [0, 0.1) is 0 Å². The molecular weight excluding hydrogens is 473 g/mol. The van der Waals surface area contributed by atoms with E-state index < -0.39 is 66.4 Å². The molecule has 0 aliphatic carbocycles. The third-order valence-electron chi connectivity index (χ3n) is 4.49. The third-order valence-corrected chi connectivity index (χ3v) is 8.16. The van der Waals surface area contributed by atoms with Gasteiger partial charge in [-0.1, -0.05) is 0 Å². The molecule has 0 saturated carbocycles. The Labute approximate surface area is 181 Å². The number of hydrogen-bond donors (Lipinski definition) is 6. The van der Waals surface area contributed by atoms with E-state index in [1.165, 1.54) is 17.2 Å². The normalized spacial score (nSPS) is 28.2. The predicted molar refractivity (Wildman–Crippen MR) is 108 cm³/mol. The zero-order valence-corrected chi connectivity index (χ0v) is 18.2. The Hall–Kier alpha value is -2.24. The lowest BCUT2D eigenvalue weighted by Crippen LogP contribution is -2.36. The van der Waals surface area contributed by atoms with Crippen molar-refractivity contribution >= 4 is 40.4 Å². The Morgan fingerprint density at radius 2 is 2.09 bits per heavy atom. The molecule has 178 valence electrons. The molecule has 7 atom stereocenters. The average Bonchev–Trinajstić information content (AvgIpc) is 3.22. The number of anilines is 1. The summed E-state index contributed by atoms with van der Waals surface area (Å²) in [4.78, 5) is 32.5. The first-order valence-corrected chi connectivity index (χ1v) is 12.6. The Balaban J connectivity index is 1.72. The van der Waals surface area contributed by atoms with Gasteiger partial charge in [0, 0.05) is 6.26 Å². The van der Waals surface area contributed by atoms with Crippen LogP contribution in [0.1, 0.15) is 6.23 Å². The fourth-order valence-electron chi connectivity index (χ4n) is 3.00. The summed E-state index contributed by atoms with van der Waals surface area (Å²) >= 11 is 0. The van der Waals surface area contributed by atoms with Gasteiger partial charge in [-0.15, -0.1) is 4.13 Å². The van der Waals surface area contributed by atoms with Gasteiger partial charge in [0.05, 0.1) is 28.4 Å². The number of ether oxygens (including phenoxy) is 1. The van der Waals surface area contributed by atoms with Crippen molar-refractivity contribution in [1.29, 1.82) is 0 Å². The maximum atomic E-state index is 12.3. The van der Waals surface area contributed by atoms with Crippen molar-refractivity contribution < 1.29 is 43.0 Å². The molecule has 0 amide bonds. The highest BCUT2D eigenvalue weighted by atomic mass is 32.2. The van der Waals surface area contributed by atoms with Gasteiger partial charge in [0.1, 0.15) is 36.2 Å². The van der Waals surface area contributed by atoms with E-state index in [2.05, 4.69) is 19.1 Å². The molecule has 18 heteroatoms. The number of fused-ring (bicyclic) bond motifs is 1. The number of aliphatic carboxylic acids is 1. The molecule has 3 unspecified atom stereocenters. The summed E-state index contributed by atoms with van der Waals surface area (Å²) in [6.45, 7) is -0.712. The van der Waals surface area contributed by atoms with Crippen LogP contribution in [0.25, 0.3) is 11.2 Å². The number of carbonyl (C=O) groups is 1. The number of hydrogen-bond acceptors (Lipinski definition) is 12. The lowest BCUT2D eigenvalue weighted by atomic mass is 10.1. The number of imidazole rings is 1. The van der Waals surface area contributed by atoms with E-state index in [4.69, 9.17) is 25.8 Å². The van der Waals surface area contributed by atoms with Gasteiger partial charge in [0.25, 0.3) is 0 Å². The van der Waals surface area contributed by atoms with Crippen LogP contribution >= 0.6 is 7.75 Å². The molecule has 8 N–H and O–H groups in total. The van der Waals surface area contributed by atoms with Crippen LogP contribution in [0.2, 0.25) is 0 Å². The van der Waals surface area contributed by atoms with Gasteiger partial charge >= 0.3 is 13.7 Å². The van der Waals surface area contributed by atoms with Crippen molar-refractivity contribution in [2.45, 2.75) is 30.6 Å². The highest BCUT2D eigenvalue weighted by Gasteiger charge is 2.45. The Morgan fingerprint density at radius 3 is 2.75 bits per heavy atom. The summed E-state index contributed by atoms with van der Waals surface area (Å²) in [7, 11) is -8.34. The zero-order chi connectivity index (χ0) is 23.8. The summed E-state index contributed by atoms with van der Waals surface area (Å²) in [6.07, 6.45) is -2.09. The van der Waals surface area contributed by atoms with Crippen LogP contribution in [0.4, 0.5) is 5.82 Å². The van der Waals surface area contributed by atoms with Gasteiger partial charge in [-0.25, -0.2) is 23.7 Å². The van der Waals surface area contributed by atoms with Crippen LogP contribution in [-0.4, -0.2) is 92.9 Å². The molecule has 3 heterocycles. The van der Waals surface area contributed by atoms with E-state index >= 15 is 0 Å². The van der Waals surface area contributed by atoms with Crippen molar-refractivity contribution in [1.82, 2.24) is 19.5 Å². The average molecular weight is 495 g/mol. The summed E-state index contributed by atoms with van der Waals surface area (Å²) in [6, 6.07) is -1.56. The number of nitrogens with two attached hydrogens (primary N) is 2. The fraction of sp³-hybridized carbons (Fsp3) is 0.571. The number of aliphatic hydroxyl groups excluding tert-OH is 2. The topological polar surface area (TPSA) is 259 Å². The number of nitrogen functional groups attached to an aromatic ring is 1. The standard InChI is InChI=1S/C14H22N7O9PS/c1-32(28,3-6(15)14(24)25)20-31(26,27)29-2-7-9(22)10(23)13(30-7)21-5-19-8-11(16)17-4-18-12(8)21/h4-7,9-10,13,22-23H,2-3,15H2,1H3,(H,24,25)(H,26,27)(H2,16,17,18)/t6?,7-,9-,10-,13-,32?/m1/s1. The van der Waals surface area contributed by atoms with Gasteiger partial charge in [-0.3, -0.25) is 13.9 Å². The van der Waals surface area contributed by atoms with Crippen molar-refractivity contribution in [3.8, 4) is 0 Å². The van der Waals surface area contributed by atoms with E-state index in [0.717, 1.165) is 6.26 Å². The van der Waals surface area contributed by atoms with Gasteiger partial charge < -0.3 is 36.4 Å². The molecule has 0 spiro atoms. The minimum atomic E-state index is -4.85. The number of aromatic nitrogens is 4. The summed E-state index contributed by atoms with van der Waals surface area (Å²) in [5.41, 5.74) is 11.5. The maximum absolute atomic E-state index is 12.3. The van der Waals surface area contributed by atoms with E-state index in [0.29, 0.717) is 0 Å². The zero-order valence-electron chi connectivity index (χ0n) is 16.5. The van der Waals surface area contributed by atoms with Crippen LogP contribution in [-0.2, 0) is 28.3 Å². The second-order valence-corrected chi connectivity index (χ2v) is 11.2. The van der Waals surface area contributed by atoms with E-state index in [9.17, 15) is 28.7 Å². The number of rotatable bonds is 8. The maximum Gasteiger partial charge on any atom is 0.459 e. The van der Waals surface area contributed by atoms with E-state index in [-0.39, 0.29) is 17.0 Å². The minimum absolute atomic E-state index is 0.0928. The first-order chi connectivity index (χ1) is 14.8. The molecule has 0 radical (unpaired) electrons. The summed E-state index contributed by atoms with van der Waals surface area (Å²) in [5, 5.41) is 29.4. The van der Waals surface area contributed by atoms with Crippen molar-refractivity contribution in [3.05, 3.63) is 12.7 Å². The number of carboxylic acids is 1. The molecule has 1 fully saturated rings. The Bertz CT molecular complexity index is 1180. The van der Waals surface area contributed by atoms with Crippen LogP contribution in [0.5, 0.6) is 0 Å². The van der Waals surface area contributed by atoms with Crippen molar-refractivity contribution in [3.63, 3.8) is 0 Å². The van der Waals surface area contributed by atoms with E-state index in [1.54, 1.807) is 0 Å². The molecule has 2 aromatic rings. The first kappa shape index (κ1) is 24.4. The van der Waals surface area contributed by atoms with Crippen LogP contribution in [0.15, 0.2) is 16.8 Å². The van der Waals surface area contributed by atoms with Gasteiger partial charge in [0.2, 0.25) is 0 Å². The van der Waals surface area contributed by atoms with Crippen molar-refractivity contribution in [2.24, 2.45) is 9.87 Å². The minimum Gasteiger partial charge on any atom is -0.480 e. The fourth-order valence-corrected chi connectivity index (χ4v) is 6.35. The SMILES string of the molecule is CS(=O)(CC(N)C(=O)O)=NP(=O)(O)OC[C@H]1O[C@@H](n2cnc3c(N)ncnc32)[C@H](O)[C@@H]1O. The molecule has 3 rings (SSSR count). The van der Waals surface area contributed by atoms with Gasteiger partial charge in [-0.2, -0.15) is 0 Å². The molecule has 0 aromatic carbocycles. The largest absolute Gasteiger partial charge is 0.480 e. The monoisotopic (exact) mass is 495 g/mol. The number of carboxylic acid groups (broad SMARTS) is 1. The second-order valence-electron chi connectivity index (χ2n) is 7.07. The molecule has 1 saturated heterocycles. The first-order valence-electron chi connectivity index (χ1n) is 8.93. The third kappa shape index (κ3) is 5.21. The van der Waals surface area contributed by atoms with Crippen LogP contribution < -0.4 is 11.5 Å². The molecule has 16 nitrogen and oxygen atoms in total. The summed E-state index contributed by atoms with van der Waals surface area (Å²) in [5.74, 6) is -2.04. The predicted octanol–water partition coefficient (Wildman–Crippen LogP) is -2.35. The van der Waals surface area contributed by atoms with Crippen molar-refractivity contribution in [2.75, 3.05) is 24.3 Å². The molecule has 1 aliphatic rings. The molecule has 32 heavy (non-hydrogen) atoms. The number of nitrogens with zero attached hydrogens (tertiary/aromatic N) is 5. The summed E-state index contributed by atoms with van der Waals surface area (Å²) < 4.78 is 39.4.